The van der Waals surface area contributed by atoms with Gasteiger partial charge in [0, 0.05) is 0 Å². The highest BCUT2D eigenvalue weighted by atomic mass is 14.2. The second-order valence-corrected chi connectivity index (χ2v) is 3.69. The molecule has 0 unspecified atom stereocenters. The third-order valence-corrected chi connectivity index (χ3v) is 2.70. The Balaban J connectivity index is 2.26. The molecule has 72 valence electrons. The molecular weight excluding hydrogens is 168 g/mol. The summed E-state index contributed by atoms with van der Waals surface area (Å²) in [5, 5.41) is 0. The predicted molar refractivity (Wildman–Crippen MR) is 62.2 cm³/mol. The summed E-state index contributed by atoms with van der Waals surface area (Å²) in [5.74, 6) is 0. The van der Waals surface area contributed by atoms with Crippen molar-refractivity contribution in [2.45, 2.75) is 26.2 Å². The van der Waals surface area contributed by atoms with Crippen LogP contribution in [0.25, 0.3) is 5.57 Å². The van der Waals surface area contributed by atoms with E-state index in [1.54, 1.807) is 0 Å². The molecule has 0 N–H and O–H groups in total. The van der Waals surface area contributed by atoms with Crippen LogP contribution in [0.4, 0.5) is 0 Å². The van der Waals surface area contributed by atoms with Gasteiger partial charge in [-0.2, -0.15) is 0 Å². The van der Waals surface area contributed by atoms with Gasteiger partial charge in [0.05, 0.1) is 0 Å². The molecule has 1 aromatic carbocycles. The van der Waals surface area contributed by atoms with Crippen LogP contribution in [0.5, 0.6) is 0 Å². The smallest absolute Gasteiger partial charge is 0.0192 e. The van der Waals surface area contributed by atoms with Gasteiger partial charge in [-0.05, 0) is 36.0 Å². The van der Waals surface area contributed by atoms with Crippen molar-refractivity contribution in [2.75, 3.05) is 0 Å². The van der Waals surface area contributed by atoms with E-state index in [4.69, 9.17) is 0 Å². The second kappa shape index (κ2) is 4.28. The van der Waals surface area contributed by atoms with Gasteiger partial charge in [0.1, 0.15) is 0 Å². The Morgan fingerprint density at radius 3 is 2.93 bits per heavy atom. The summed E-state index contributed by atoms with van der Waals surface area (Å²) in [6.45, 7) is 2.16. The minimum atomic E-state index is 1.12. The average Bonchev–Trinajstić information content (AvgIpc) is 2.63. The lowest BCUT2D eigenvalue weighted by atomic mass is 10.1. The molecule has 0 spiro atoms. The van der Waals surface area contributed by atoms with Crippen LogP contribution in [-0.2, 0) is 6.42 Å². The van der Waals surface area contributed by atoms with Crippen LogP contribution in [0.1, 0.15) is 30.9 Å². The molecule has 0 aromatic heterocycles. The molecule has 0 aliphatic heterocycles. The van der Waals surface area contributed by atoms with Crippen LogP contribution in [0.15, 0.2) is 42.5 Å². The van der Waals surface area contributed by atoms with Gasteiger partial charge in [-0.25, -0.2) is 0 Å². The quantitative estimate of drug-likeness (QED) is 0.652. The first kappa shape index (κ1) is 9.26. The Morgan fingerprint density at radius 2 is 2.07 bits per heavy atom. The number of aryl methyl sites for hydroxylation is 1. The highest BCUT2D eigenvalue weighted by Crippen LogP contribution is 2.31. The van der Waals surface area contributed by atoms with Gasteiger partial charge in [-0.3, -0.25) is 0 Å². The molecule has 0 heterocycles. The molecular formula is C14H16. The van der Waals surface area contributed by atoms with Gasteiger partial charge in [-0.1, -0.05) is 49.4 Å². The lowest BCUT2D eigenvalue weighted by molar-refractivity contribution is 1.08. The SMILES string of the molecule is CC/C=C\C=C1/CCc2ccccc21. The maximum atomic E-state index is 2.26. The number of fused-ring (bicyclic) bond motifs is 1. The van der Waals surface area contributed by atoms with Gasteiger partial charge in [-0.15, -0.1) is 0 Å². The molecule has 1 aromatic rings. The molecule has 0 saturated heterocycles. The third-order valence-electron chi connectivity index (χ3n) is 2.70. The average molecular weight is 184 g/mol. The number of allylic oxidation sites excluding steroid dienone is 4. The van der Waals surface area contributed by atoms with E-state index < -0.39 is 0 Å². The molecule has 2 rings (SSSR count). The van der Waals surface area contributed by atoms with Crippen molar-refractivity contribution in [1.82, 2.24) is 0 Å². The van der Waals surface area contributed by atoms with Crippen LogP contribution in [0.2, 0.25) is 0 Å². The van der Waals surface area contributed by atoms with E-state index in [2.05, 4.69) is 49.4 Å². The largest absolute Gasteiger partial charge is 0.0848 e. The number of hydrogen-bond donors (Lipinski definition) is 0. The Kier molecular flexibility index (Phi) is 2.83. The van der Waals surface area contributed by atoms with Crippen LogP contribution >= 0.6 is 0 Å². The Labute approximate surface area is 86.0 Å². The molecule has 0 atom stereocenters. The Hall–Kier alpha value is -1.30. The zero-order chi connectivity index (χ0) is 9.80. The molecule has 1 aliphatic rings. The molecule has 0 amide bonds. The maximum Gasteiger partial charge on any atom is -0.0192 e. The number of benzene rings is 1. The van der Waals surface area contributed by atoms with E-state index in [-0.39, 0.29) is 0 Å². The van der Waals surface area contributed by atoms with Crippen molar-refractivity contribution in [3.63, 3.8) is 0 Å². The molecule has 1 aliphatic carbocycles. The summed E-state index contributed by atoms with van der Waals surface area (Å²) in [7, 11) is 0. The first-order chi connectivity index (χ1) is 6.92. The molecule has 0 bridgehead atoms. The van der Waals surface area contributed by atoms with Crippen molar-refractivity contribution < 1.29 is 0 Å². The summed E-state index contributed by atoms with van der Waals surface area (Å²) < 4.78 is 0. The first-order valence-corrected chi connectivity index (χ1v) is 5.36. The monoisotopic (exact) mass is 184 g/mol. The molecule has 0 radical (unpaired) electrons. The van der Waals surface area contributed by atoms with Gasteiger partial charge < -0.3 is 0 Å². The summed E-state index contributed by atoms with van der Waals surface area (Å²) in [6, 6.07) is 8.72. The predicted octanol–water partition coefficient (Wildman–Crippen LogP) is 3.98. The Morgan fingerprint density at radius 1 is 1.21 bits per heavy atom. The van der Waals surface area contributed by atoms with Crippen LogP contribution in [0, 0.1) is 0 Å². The van der Waals surface area contributed by atoms with Crippen LogP contribution in [0.3, 0.4) is 0 Å². The maximum absolute atomic E-state index is 2.26. The van der Waals surface area contributed by atoms with E-state index in [0.717, 1.165) is 6.42 Å². The molecule has 0 nitrogen and oxygen atoms in total. The van der Waals surface area contributed by atoms with Gasteiger partial charge in [0.15, 0.2) is 0 Å². The van der Waals surface area contributed by atoms with E-state index in [1.165, 1.54) is 29.5 Å². The first-order valence-electron chi connectivity index (χ1n) is 5.36. The summed E-state index contributed by atoms with van der Waals surface area (Å²) >= 11 is 0. The lowest BCUT2D eigenvalue weighted by Crippen LogP contribution is -1.77. The lowest BCUT2D eigenvalue weighted by Gasteiger charge is -1.98. The third kappa shape index (κ3) is 1.79. The van der Waals surface area contributed by atoms with Crippen LogP contribution < -0.4 is 0 Å². The molecule has 0 saturated carbocycles. The van der Waals surface area contributed by atoms with Crippen molar-refractivity contribution in [1.29, 1.82) is 0 Å². The highest BCUT2D eigenvalue weighted by molar-refractivity contribution is 5.73. The van der Waals surface area contributed by atoms with Crippen molar-refractivity contribution >= 4 is 5.57 Å². The fourth-order valence-corrected chi connectivity index (χ4v) is 1.95. The second-order valence-electron chi connectivity index (χ2n) is 3.69. The topological polar surface area (TPSA) is 0 Å². The molecule has 14 heavy (non-hydrogen) atoms. The van der Waals surface area contributed by atoms with Crippen molar-refractivity contribution in [3.8, 4) is 0 Å². The van der Waals surface area contributed by atoms with Crippen molar-refractivity contribution in [3.05, 3.63) is 53.6 Å². The summed E-state index contributed by atoms with van der Waals surface area (Å²) in [6.07, 6.45) is 10.2. The van der Waals surface area contributed by atoms with E-state index >= 15 is 0 Å². The highest BCUT2D eigenvalue weighted by Gasteiger charge is 2.13. The standard InChI is InChI=1S/C14H16/c1-2-3-4-7-12-10-11-13-8-5-6-9-14(12)13/h3-9H,2,10-11H2,1H3/b4-3-,12-7+. The van der Waals surface area contributed by atoms with E-state index in [0.29, 0.717) is 0 Å². The zero-order valence-electron chi connectivity index (χ0n) is 8.66. The normalized spacial score (nSPS) is 17.9. The fourth-order valence-electron chi connectivity index (χ4n) is 1.95. The van der Waals surface area contributed by atoms with Crippen molar-refractivity contribution in [2.24, 2.45) is 0 Å². The van der Waals surface area contributed by atoms with Crippen LogP contribution in [-0.4, -0.2) is 0 Å². The van der Waals surface area contributed by atoms with Gasteiger partial charge >= 0.3 is 0 Å². The van der Waals surface area contributed by atoms with E-state index in [1.807, 2.05) is 0 Å². The van der Waals surface area contributed by atoms with Gasteiger partial charge in [0.25, 0.3) is 0 Å². The minimum absolute atomic E-state index is 1.12. The van der Waals surface area contributed by atoms with E-state index in [9.17, 15) is 0 Å². The minimum Gasteiger partial charge on any atom is -0.0848 e. The Bertz CT molecular complexity index is 369. The number of hydrogen-bond acceptors (Lipinski definition) is 0. The zero-order valence-corrected chi connectivity index (χ0v) is 8.66. The molecule has 0 fully saturated rings. The number of rotatable bonds is 2. The summed E-state index contributed by atoms with van der Waals surface area (Å²) in [4.78, 5) is 0. The fraction of sp³-hybridized carbons (Fsp3) is 0.286. The summed E-state index contributed by atoms with van der Waals surface area (Å²) in [5.41, 5.74) is 4.45. The molecule has 0 heteroatoms. The van der Waals surface area contributed by atoms with Gasteiger partial charge in [0.2, 0.25) is 0 Å².